The first-order valence-corrected chi connectivity index (χ1v) is 7.97. The van der Waals surface area contributed by atoms with Crippen LogP contribution in [0, 0.1) is 5.92 Å². The Bertz CT molecular complexity index is 552. The predicted molar refractivity (Wildman–Crippen MR) is 82.4 cm³/mol. The minimum atomic E-state index is 0.161. The van der Waals surface area contributed by atoms with Crippen LogP contribution in [0.25, 0.3) is 0 Å². The van der Waals surface area contributed by atoms with Gasteiger partial charge in [0, 0.05) is 10.9 Å². The molecule has 3 atom stereocenters. The minimum absolute atomic E-state index is 0.161. The molecule has 3 unspecified atom stereocenters. The van der Waals surface area contributed by atoms with Crippen molar-refractivity contribution in [1.29, 1.82) is 0 Å². The van der Waals surface area contributed by atoms with Gasteiger partial charge in [-0.25, -0.2) is 0 Å². The van der Waals surface area contributed by atoms with E-state index in [1.165, 1.54) is 22.4 Å². The Balaban J connectivity index is 1.78. The van der Waals surface area contributed by atoms with Crippen LogP contribution in [0.4, 0.5) is 0 Å². The van der Waals surface area contributed by atoms with Crippen molar-refractivity contribution in [1.82, 2.24) is 0 Å². The van der Waals surface area contributed by atoms with Gasteiger partial charge < -0.3 is 5.73 Å². The van der Waals surface area contributed by atoms with Gasteiger partial charge in [-0.15, -0.1) is 11.8 Å². The van der Waals surface area contributed by atoms with Crippen molar-refractivity contribution in [2.45, 2.75) is 23.3 Å². The molecule has 1 aliphatic rings. The molecule has 0 bridgehead atoms. The fourth-order valence-electron chi connectivity index (χ4n) is 2.87. The first-order chi connectivity index (χ1) is 9.31. The molecular weight excluding hydrogens is 250 g/mol. The van der Waals surface area contributed by atoms with Gasteiger partial charge in [-0.1, -0.05) is 48.5 Å². The highest BCUT2D eigenvalue weighted by Crippen LogP contribution is 2.53. The summed E-state index contributed by atoms with van der Waals surface area (Å²) >= 11 is 1.79. The van der Waals surface area contributed by atoms with E-state index in [0.717, 1.165) is 0 Å². The van der Waals surface area contributed by atoms with Crippen molar-refractivity contribution in [2.24, 2.45) is 11.7 Å². The zero-order valence-corrected chi connectivity index (χ0v) is 11.9. The highest BCUT2D eigenvalue weighted by molar-refractivity contribution is 7.98. The first kappa shape index (κ1) is 12.8. The molecule has 0 saturated heterocycles. The van der Waals surface area contributed by atoms with Crippen molar-refractivity contribution >= 4 is 11.8 Å². The third-order valence-corrected chi connectivity index (χ3v) is 4.84. The number of hydrogen-bond acceptors (Lipinski definition) is 2. The van der Waals surface area contributed by atoms with Crippen LogP contribution < -0.4 is 5.73 Å². The lowest BCUT2D eigenvalue weighted by Crippen LogP contribution is -2.14. The maximum Gasteiger partial charge on any atom is 0.0340 e. The number of thioether (sulfide) groups is 1. The van der Waals surface area contributed by atoms with E-state index in [1.807, 2.05) is 0 Å². The van der Waals surface area contributed by atoms with Gasteiger partial charge >= 0.3 is 0 Å². The van der Waals surface area contributed by atoms with Gasteiger partial charge in [0.05, 0.1) is 0 Å². The normalized spacial score (nSPS) is 23.1. The lowest BCUT2D eigenvalue weighted by molar-refractivity contribution is 0.606. The third kappa shape index (κ3) is 2.56. The Morgan fingerprint density at radius 2 is 1.74 bits per heavy atom. The van der Waals surface area contributed by atoms with E-state index in [9.17, 15) is 0 Å². The van der Waals surface area contributed by atoms with Gasteiger partial charge in [0.1, 0.15) is 0 Å². The van der Waals surface area contributed by atoms with Crippen molar-refractivity contribution in [3.8, 4) is 0 Å². The molecule has 0 radical (unpaired) electrons. The fourth-order valence-corrected chi connectivity index (χ4v) is 3.52. The fraction of sp³-hybridized carbons (Fsp3) is 0.294. The lowest BCUT2D eigenvalue weighted by atomic mass is 9.99. The second-order valence-corrected chi connectivity index (χ2v) is 6.03. The van der Waals surface area contributed by atoms with Crippen LogP contribution in [0.15, 0.2) is 59.5 Å². The third-order valence-electron chi connectivity index (χ3n) is 4.03. The number of nitrogens with two attached hydrogens (primary N) is 1. The van der Waals surface area contributed by atoms with Crippen LogP contribution in [-0.2, 0) is 0 Å². The van der Waals surface area contributed by atoms with Gasteiger partial charge in [0.25, 0.3) is 0 Å². The summed E-state index contributed by atoms with van der Waals surface area (Å²) < 4.78 is 0. The molecule has 0 aliphatic heterocycles. The summed E-state index contributed by atoms with van der Waals surface area (Å²) in [7, 11) is 0. The molecule has 1 fully saturated rings. The maximum atomic E-state index is 6.49. The lowest BCUT2D eigenvalue weighted by Gasteiger charge is -2.15. The highest BCUT2D eigenvalue weighted by Gasteiger charge is 2.43. The van der Waals surface area contributed by atoms with E-state index in [2.05, 4.69) is 60.9 Å². The van der Waals surface area contributed by atoms with E-state index in [1.54, 1.807) is 11.8 Å². The largest absolute Gasteiger partial charge is 0.324 e. The summed E-state index contributed by atoms with van der Waals surface area (Å²) in [5.41, 5.74) is 9.23. The molecule has 0 aromatic heterocycles. The SMILES string of the molecule is CSc1ccccc1C(N)C1CC1c1ccccc1. The van der Waals surface area contributed by atoms with Crippen molar-refractivity contribution in [3.63, 3.8) is 0 Å². The maximum absolute atomic E-state index is 6.49. The quantitative estimate of drug-likeness (QED) is 0.841. The van der Waals surface area contributed by atoms with Gasteiger partial charge in [-0.2, -0.15) is 0 Å². The Morgan fingerprint density at radius 3 is 2.47 bits per heavy atom. The molecular formula is C17H19NS. The average molecular weight is 269 g/mol. The molecule has 2 aromatic rings. The summed E-state index contributed by atoms with van der Waals surface area (Å²) in [5.74, 6) is 1.24. The summed E-state index contributed by atoms with van der Waals surface area (Å²) in [6.07, 6.45) is 3.33. The van der Waals surface area contributed by atoms with Crippen LogP contribution in [0.5, 0.6) is 0 Å². The van der Waals surface area contributed by atoms with Crippen LogP contribution in [0.2, 0.25) is 0 Å². The summed E-state index contributed by atoms with van der Waals surface area (Å²) in [6, 6.07) is 19.4. The van der Waals surface area contributed by atoms with Crippen LogP contribution in [0.1, 0.15) is 29.5 Å². The Kier molecular flexibility index (Phi) is 3.63. The molecule has 2 aromatic carbocycles. The number of hydrogen-bond donors (Lipinski definition) is 1. The second kappa shape index (κ2) is 5.40. The van der Waals surface area contributed by atoms with E-state index < -0.39 is 0 Å². The zero-order valence-electron chi connectivity index (χ0n) is 11.1. The predicted octanol–water partition coefficient (Wildman–Crippen LogP) is 4.21. The Hall–Kier alpha value is -1.25. The van der Waals surface area contributed by atoms with Gasteiger partial charge in [0.15, 0.2) is 0 Å². The van der Waals surface area contributed by atoms with E-state index in [0.29, 0.717) is 11.8 Å². The van der Waals surface area contributed by atoms with E-state index >= 15 is 0 Å². The molecule has 1 nitrogen and oxygen atoms in total. The van der Waals surface area contributed by atoms with Crippen molar-refractivity contribution in [3.05, 3.63) is 65.7 Å². The molecule has 0 spiro atoms. The molecule has 1 aliphatic carbocycles. The van der Waals surface area contributed by atoms with Crippen molar-refractivity contribution in [2.75, 3.05) is 6.26 Å². The number of benzene rings is 2. The van der Waals surface area contributed by atoms with Gasteiger partial charge in [-0.05, 0) is 41.7 Å². The minimum Gasteiger partial charge on any atom is -0.324 e. The molecule has 98 valence electrons. The van der Waals surface area contributed by atoms with Gasteiger partial charge in [0.2, 0.25) is 0 Å². The summed E-state index contributed by atoms with van der Waals surface area (Å²) in [5, 5.41) is 0. The van der Waals surface area contributed by atoms with E-state index in [4.69, 9.17) is 5.73 Å². The molecule has 19 heavy (non-hydrogen) atoms. The summed E-state index contributed by atoms with van der Waals surface area (Å²) in [6.45, 7) is 0. The molecule has 1 saturated carbocycles. The molecule has 3 rings (SSSR count). The number of rotatable bonds is 4. The van der Waals surface area contributed by atoms with Crippen LogP contribution >= 0.6 is 11.8 Å². The summed E-state index contributed by atoms with van der Waals surface area (Å²) in [4.78, 5) is 1.31. The average Bonchev–Trinajstić information content (AvgIpc) is 3.28. The van der Waals surface area contributed by atoms with Crippen LogP contribution in [0.3, 0.4) is 0 Å². The monoisotopic (exact) mass is 269 g/mol. The highest BCUT2D eigenvalue weighted by atomic mass is 32.2. The van der Waals surface area contributed by atoms with E-state index in [-0.39, 0.29) is 6.04 Å². The molecule has 2 N–H and O–H groups in total. The van der Waals surface area contributed by atoms with Crippen molar-refractivity contribution < 1.29 is 0 Å². The Morgan fingerprint density at radius 1 is 1.05 bits per heavy atom. The molecule has 0 heterocycles. The van der Waals surface area contributed by atoms with Gasteiger partial charge in [-0.3, -0.25) is 0 Å². The Labute approximate surface area is 119 Å². The molecule has 0 amide bonds. The second-order valence-electron chi connectivity index (χ2n) is 5.18. The zero-order chi connectivity index (χ0) is 13.2. The molecule has 2 heteroatoms. The first-order valence-electron chi connectivity index (χ1n) is 6.74. The topological polar surface area (TPSA) is 26.0 Å². The smallest absolute Gasteiger partial charge is 0.0340 e. The van der Waals surface area contributed by atoms with Crippen LogP contribution in [-0.4, -0.2) is 6.26 Å². The standard InChI is InChI=1S/C17H19NS/c1-19-16-10-6-5-9-13(16)17(18)15-11-14(15)12-7-3-2-4-8-12/h2-10,14-15,17H,11,18H2,1H3.